The van der Waals surface area contributed by atoms with Crippen LogP contribution in [-0.2, 0) is 0 Å². The lowest BCUT2D eigenvalue weighted by Gasteiger charge is -2.16. The molecule has 0 N–H and O–H groups in total. The van der Waals surface area contributed by atoms with Crippen molar-refractivity contribution in [2.75, 3.05) is 0 Å². The van der Waals surface area contributed by atoms with Gasteiger partial charge >= 0.3 is 0 Å². The van der Waals surface area contributed by atoms with Gasteiger partial charge in [0.2, 0.25) is 0 Å². The van der Waals surface area contributed by atoms with Crippen LogP contribution in [0.5, 0.6) is 0 Å². The molecule has 0 saturated heterocycles. The summed E-state index contributed by atoms with van der Waals surface area (Å²) in [5.74, 6) is 1.28. The fraction of sp³-hybridized carbons (Fsp3) is 0. The predicted molar refractivity (Wildman–Crippen MR) is 203 cm³/mol. The van der Waals surface area contributed by atoms with Gasteiger partial charge in [-0.05, 0) is 41.9 Å². The molecule has 0 radical (unpaired) electrons. The van der Waals surface area contributed by atoms with E-state index in [1.807, 2.05) is 121 Å². The van der Waals surface area contributed by atoms with Crippen molar-refractivity contribution in [2.24, 2.45) is 0 Å². The highest BCUT2D eigenvalue weighted by molar-refractivity contribution is 6.10. The minimum absolute atomic E-state index is 0.0401. The maximum atomic E-state index is 9.12. The topological polar surface area (TPSA) is 56.7 Å². The van der Waals surface area contributed by atoms with Gasteiger partial charge < -0.3 is 8.98 Å². The van der Waals surface area contributed by atoms with E-state index in [0.717, 1.165) is 38.6 Å². The van der Waals surface area contributed by atoms with Gasteiger partial charge in [-0.2, -0.15) is 0 Å². The first kappa shape index (κ1) is 22.7. The lowest BCUT2D eigenvalue weighted by atomic mass is 10.0. The second kappa shape index (κ2) is 11.4. The number of para-hydroxylation sites is 3. The lowest BCUT2D eigenvalue weighted by molar-refractivity contribution is 0.669. The Hall–Kier alpha value is -6.85. The molecule has 10 aromatic rings. The van der Waals surface area contributed by atoms with Gasteiger partial charge in [-0.1, -0.05) is 133 Å². The molecule has 0 aliphatic rings. The van der Waals surface area contributed by atoms with Gasteiger partial charge in [0, 0.05) is 43.8 Å². The summed E-state index contributed by atoms with van der Waals surface area (Å²) in [6.45, 7) is 0. The van der Waals surface area contributed by atoms with Gasteiger partial charge in [-0.15, -0.1) is 0 Å². The first-order valence-corrected chi connectivity index (χ1v) is 16.2. The molecular weight excluding hydrogens is 613 g/mol. The lowest BCUT2D eigenvalue weighted by Crippen LogP contribution is -2.02. The number of hydrogen-bond donors (Lipinski definition) is 0. The van der Waals surface area contributed by atoms with Crippen molar-refractivity contribution >= 4 is 43.7 Å². The van der Waals surface area contributed by atoms with Crippen molar-refractivity contribution < 1.29 is 12.6 Å². The Bertz CT molecular complexity index is 3150. The van der Waals surface area contributed by atoms with E-state index < -0.39 is 0 Å². The molecule has 50 heavy (non-hydrogen) atoms. The first-order valence-electron chi connectivity index (χ1n) is 19.2. The number of hydrogen-bond acceptors (Lipinski definition) is 4. The van der Waals surface area contributed by atoms with Crippen LogP contribution in [-0.4, -0.2) is 19.5 Å². The van der Waals surface area contributed by atoms with Crippen molar-refractivity contribution in [1.82, 2.24) is 19.5 Å². The zero-order chi connectivity index (χ0) is 38.2. The van der Waals surface area contributed by atoms with E-state index in [4.69, 9.17) is 27.6 Å². The summed E-state index contributed by atoms with van der Waals surface area (Å²) >= 11 is 0. The predicted octanol–water partition coefficient (Wildman–Crippen LogP) is 11.5. The van der Waals surface area contributed by atoms with Crippen LogP contribution in [0.2, 0.25) is 0 Å². The molecule has 0 unspecified atom stereocenters. The van der Waals surface area contributed by atoms with Gasteiger partial charge in [0.15, 0.2) is 17.5 Å². The maximum Gasteiger partial charge on any atom is 0.164 e. The third-order valence-corrected chi connectivity index (χ3v) is 9.01. The number of furan rings is 1. The van der Waals surface area contributed by atoms with Gasteiger partial charge in [-0.25, -0.2) is 15.0 Å². The number of nitrogens with zero attached hydrogens (tertiary/aromatic N) is 4. The van der Waals surface area contributed by atoms with E-state index in [1.54, 1.807) is 4.57 Å². The summed E-state index contributed by atoms with van der Waals surface area (Å²) in [5, 5.41) is 2.37. The van der Waals surface area contributed by atoms with Crippen LogP contribution in [0.15, 0.2) is 174 Å². The van der Waals surface area contributed by atoms with Gasteiger partial charge in [0.25, 0.3) is 0 Å². The number of rotatable bonds is 5. The average molecular weight is 647 g/mol. The minimum atomic E-state index is -0.174. The molecule has 10 rings (SSSR count). The molecule has 0 fully saturated rings. The minimum Gasteiger partial charge on any atom is -0.456 e. The smallest absolute Gasteiger partial charge is 0.164 e. The summed E-state index contributed by atoms with van der Waals surface area (Å²) in [6, 6.07) is 40.8. The Labute approximate surface area is 296 Å². The van der Waals surface area contributed by atoms with Crippen molar-refractivity contribution in [3.05, 3.63) is 170 Å². The van der Waals surface area contributed by atoms with E-state index in [-0.39, 0.29) is 58.1 Å². The zero-order valence-corrected chi connectivity index (χ0v) is 26.4. The molecule has 0 amide bonds. The van der Waals surface area contributed by atoms with E-state index in [0.29, 0.717) is 34.3 Å². The fourth-order valence-electron chi connectivity index (χ4n) is 6.69. The Morgan fingerprint density at radius 1 is 0.440 bits per heavy atom. The number of benzene rings is 7. The van der Waals surface area contributed by atoms with Gasteiger partial charge in [0.1, 0.15) is 11.2 Å². The number of aromatic nitrogens is 4. The Morgan fingerprint density at radius 3 is 1.70 bits per heavy atom. The highest BCUT2D eigenvalue weighted by Gasteiger charge is 2.19. The van der Waals surface area contributed by atoms with Crippen LogP contribution in [0.1, 0.15) is 8.22 Å². The molecule has 3 aromatic heterocycles. The molecule has 7 aromatic carbocycles. The van der Waals surface area contributed by atoms with Crippen LogP contribution >= 0.6 is 0 Å². The third kappa shape index (κ3) is 4.60. The first-order chi connectivity index (χ1) is 27.2. The maximum absolute atomic E-state index is 9.12. The van der Waals surface area contributed by atoms with Crippen LogP contribution in [0, 0.1) is 0 Å². The van der Waals surface area contributed by atoms with E-state index in [1.165, 1.54) is 12.1 Å². The Kier molecular flexibility index (Phi) is 5.17. The quantitative estimate of drug-likeness (QED) is 0.187. The molecule has 234 valence electrons. The summed E-state index contributed by atoms with van der Waals surface area (Å²) < 4.78 is 61.0. The highest BCUT2D eigenvalue weighted by Crippen LogP contribution is 2.38. The number of fused-ring (bicyclic) bond motifs is 6. The molecular formula is C45H28N4O. The highest BCUT2D eigenvalue weighted by atomic mass is 16.3. The summed E-state index contributed by atoms with van der Waals surface area (Å²) in [5.41, 5.74) is 6.34. The molecule has 0 bridgehead atoms. The largest absolute Gasteiger partial charge is 0.456 e. The van der Waals surface area contributed by atoms with Gasteiger partial charge in [0.05, 0.1) is 24.9 Å². The van der Waals surface area contributed by atoms with E-state index >= 15 is 0 Å². The molecule has 5 heteroatoms. The monoisotopic (exact) mass is 646 g/mol. The van der Waals surface area contributed by atoms with Crippen molar-refractivity contribution in [2.45, 2.75) is 0 Å². The third-order valence-electron chi connectivity index (χ3n) is 9.01. The molecule has 0 saturated carbocycles. The molecule has 0 aliphatic heterocycles. The van der Waals surface area contributed by atoms with Crippen molar-refractivity contribution in [3.8, 4) is 51.0 Å². The molecule has 0 spiro atoms. The van der Waals surface area contributed by atoms with Crippen LogP contribution in [0.3, 0.4) is 0 Å². The Morgan fingerprint density at radius 2 is 1.00 bits per heavy atom. The molecule has 3 heterocycles. The van der Waals surface area contributed by atoms with Crippen LogP contribution in [0.25, 0.3) is 94.7 Å². The van der Waals surface area contributed by atoms with Crippen LogP contribution < -0.4 is 0 Å². The standard InChI is InChI=1S/C45H28N4O/c1-3-13-29(14-4-1)33-25-23-31(27-40(33)49-38-20-10-7-17-34(38)35-18-8-11-21-39(35)49)44-46-43(30-15-5-2-6-16-30)47-45(48-44)32-24-26-37-36-19-9-12-22-41(36)50-42(37)28-32/h1-28H/i7D,8D,17D,18D,20D,21D. The zero-order valence-electron chi connectivity index (χ0n) is 32.4. The molecule has 0 aliphatic carbocycles. The summed E-state index contributed by atoms with van der Waals surface area (Å²) in [7, 11) is 0. The summed E-state index contributed by atoms with van der Waals surface area (Å²) in [4.78, 5) is 15.0. The van der Waals surface area contributed by atoms with E-state index in [2.05, 4.69) is 0 Å². The average Bonchev–Trinajstić information content (AvgIpc) is 3.79. The SMILES string of the molecule is [2H]c1cc([2H])c2c(c1[2H])c1c([2H])c([2H])cc([2H])c1n2-c1cc(-c2nc(-c3ccccc3)nc(-c3ccc4c(c3)oc3ccccc34)n2)ccc1-c1ccccc1. The second-order valence-electron chi connectivity index (χ2n) is 12.0. The van der Waals surface area contributed by atoms with Crippen molar-refractivity contribution in [3.63, 3.8) is 0 Å². The molecule has 5 nitrogen and oxygen atoms in total. The van der Waals surface area contributed by atoms with Crippen LogP contribution in [0.4, 0.5) is 0 Å². The normalized spacial score (nSPS) is 13.3. The summed E-state index contributed by atoms with van der Waals surface area (Å²) in [6.07, 6.45) is 0. The Balaban J connectivity index is 1.27. The van der Waals surface area contributed by atoms with Crippen molar-refractivity contribution in [1.29, 1.82) is 0 Å². The fourth-order valence-corrected chi connectivity index (χ4v) is 6.69. The van der Waals surface area contributed by atoms with Gasteiger partial charge in [-0.3, -0.25) is 0 Å². The molecule has 0 atom stereocenters. The second-order valence-corrected chi connectivity index (χ2v) is 12.0. The van der Waals surface area contributed by atoms with E-state index in [9.17, 15) is 0 Å².